The number of ether oxygens (including phenoxy) is 1. The van der Waals surface area contributed by atoms with Crippen molar-refractivity contribution >= 4 is 29.4 Å². The number of hydrogen-bond acceptors (Lipinski definition) is 4. The summed E-state index contributed by atoms with van der Waals surface area (Å²) in [5, 5.41) is 3.43. The van der Waals surface area contributed by atoms with E-state index >= 15 is 0 Å². The molecule has 0 bridgehead atoms. The third kappa shape index (κ3) is 6.45. The lowest BCUT2D eigenvalue weighted by Gasteiger charge is -2.35. The van der Waals surface area contributed by atoms with Crippen LogP contribution in [0.1, 0.15) is 57.7 Å². The van der Waals surface area contributed by atoms with Gasteiger partial charge in [-0.1, -0.05) is 54.1 Å². The van der Waals surface area contributed by atoms with Crippen molar-refractivity contribution in [2.24, 2.45) is 0 Å². The van der Waals surface area contributed by atoms with E-state index in [0.717, 1.165) is 5.56 Å². The van der Waals surface area contributed by atoms with Gasteiger partial charge in [-0.2, -0.15) is 0 Å². The molecule has 3 rings (SSSR count). The smallest absolute Gasteiger partial charge is 0.414 e. The number of allylic oxidation sites excluding steroid dienone is 1. The molecule has 1 N–H and O–H groups in total. The van der Waals surface area contributed by atoms with Gasteiger partial charge in [0.15, 0.2) is 5.78 Å². The fourth-order valence-corrected chi connectivity index (χ4v) is 3.67. The third-order valence-electron chi connectivity index (χ3n) is 5.24. The number of ketones is 1. The van der Waals surface area contributed by atoms with Crippen molar-refractivity contribution in [3.05, 3.63) is 82.0 Å². The normalized spacial score (nSPS) is 14.2. The average Bonchev–Trinajstić information content (AvgIpc) is 2.71. The molecular formula is C26H29ClN2O4. The molecule has 0 aliphatic heterocycles. The number of carbonyl (C=O) groups excluding carboxylic acids is 3. The molecule has 0 radical (unpaired) electrons. The van der Waals surface area contributed by atoms with E-state index in [1.165, 1.54) is 11.8 Å². The van der Waals surface area contributed by atoms with Gasteiger partial charge in [0.05, 0.1) is 6.54 Å². The maximum Gasteiger partial charge on any atom is 0.414 e. The summed E-state index contributed by atoms with van der Waals surface area (Å²) in [7, 11) is 0. The van der Waals surface area contributed by atoms with E-state index in [9.17, 15) is 14.4 Å². The molecule has 1 aliphatic carbocycles. The first-order chi connectivity index (χ1) is 15.5. The van der Waals surface area contributed by atoms with Crippen LogP contribution < -0.4 is 5.32 Å². The van der Waals surface area contributed by atoms with E-state index < -0.39 is 17.7 Å². The maximum absolute atomic E-state index is 13.1. The van der Waals surface area contributed by atoms with Gasteiger partial charge in [-0.05, 0) is 63.8 Å². The van der Waals surface area contributed by atoms with Crippen molar-refractivity contribution in [1.29, 1.82) is 0 Å². The Bertz CT molecular complexity index is 1060. The van der Waals surface area contributed by atoms with Crippen LogP contribution in [0.25, 0.3) is 0 Å². The zero-order valence-electron chi connectivity index (χ0n) is 19.4. The summed E-state index contributed by atoms with van der Waals surface area (Å²) in [6.45, 7) is 7.08. The Hall–Kier alpha value is -3.12. The van der Waals surface area contributed by atoms with E-state index in [-0.39, 0.29) is 18.2 Å². The minimum absolute atomic E-state index is 0.166. The Morgan fingerprint density at radius 1 is 1.03 bits per heavy atom. The summed E-state index contributed by atoms with van der Waals surface area (Å²) in [5.41, 5.74) is 1.97. The van der Waals surface area contributed by atoms with Crippen molar-refractivity contribution in [1.82, 2.24) is 10.2 Å². The second kappa shape index (κ2) is 10.2. The Morgan fingerprint density at radius 3 is 2.18 bits per heavy atom. The van der Waals surface area contributed by atoms with Crippen molar-refractivity contribution in [3.63, 3.8) is 0 Å². The van der Waals surface area contributed by atoms with Gasteiger partial charge in [-0.25, -0.2) is 4.79 Å². The molecule has 0 aromatic heterocycles. The average molecular weight is 469 g/mol. The first-order valence-electron chi connectivity index (χ1n) is 10.9. The first kappa shape index (κ1) is 24.5. The predicted octanol–water partition coefficient (Wildman–Crippen LogP) is 5.57. The highest BCUT2D eigenvalue weighted by molar-refractivity contribution is 6.30. The van der Waals surface area contributed by atoms with Crippen molar-refractivity contribution < 1.29 is 19.1 Å². The highest BCUT2D eigenvalue weighted by atomic mass is 35.5. The second-order valence-electron chi connectivity index (χ2n) is 9.05. The highest BCUT2D eigenvalue weighted by Crippen LogP contribution is 2.34. The highest BCUT2D eigenvalue weighted by Gasteiger charge is 2.34. The first-order valence-corrected chi connectivity index (χ1v) is 11.3. The molecule has 174 valence electrons. The summed E-state index contributed by atoms with van der Waals surface area (Å²) in [6.07, 6.45) is 0.551. The fourth-order valence-electron chi connectivity index (χ4n) is 3.55. The Balaban J connectivity index is 1.88. The van der Waals surface area contributed by atoms with Crippen LogP contribution in [0.3, 0.4) is 0 Å². The molecule has 0 saturated carbocycles. The maximum atomic E-state index is 13.1. The summed E-state index contributed by atoms with van der Waals surface area (Å²) in [6, 6.07) is 15.5. The lowest BCUT2D eigenvalue weighted by molar-refractivity contribution is -0.125. The molecule has 1 aliphatic rings. The molecule has 0 saturated heterocycles. The van der Waals surface area contributed by atoms with Crippen LogP contribution in [-0.4, -0.2) is 28.3 Å². The van der Waals surface area contributed by atoms with Gasteiger partial charge in [-0.3, -0.25) is 14.5 Å². The Kier molecular flexibility index (Phi) is 7.59. The van der Waals surface area contributed by atoms with Crippen LogP contribution in [0.2, 0.25) is 5.02 Å². The number of nitrogens with one attached hydrogen (secondary N) is 1. The van der Waals surface area contributed by atoms with Gasteiger partial charge < -0.3 is 10.1 Å². The number of nitrogens with zero attached hydrogens (tertiary/aromatic N) is 1. The van der Waals surface area contributed by atoms with Crippen LogP contribution in [0, 0.1) is 0 Å². The van der Waals surface area contributed by atoms with Crippen molar-refractivity contribution in [2.45, 2.75) is 58.7 Å². The number of rotatable bonds is 7. The van der Waals surface area contributed by atoms with E-state index in [4.69, 9.17) is 16.3 Å². The summed E-state index contributed by atoms with van der Waals surface area (Å²) in [4.78, 5) is 39.9. The van der Waals surface area contributed by atoms with Crippen LogP contribution in [0.5, 0.6) is 0 Å². The van der Waals surface area contributed by atoms with Crippen LogP contribution in [0.15, 0.2) is 65.9 Å². The molecule has 0 unspecified atom stereocenters. The summed E-state index contributed by atoms with van der Waals surface area (Å²) < 4.78 is 5.61. The minimum atomic E-state index is -0.751. The number of amides is 2. The molecule has 2 amide bonds. The second-order valence-corrected chi connectivity index (χ2v) is 9.48. The molecular weight excluding hydrogens is 440 g/mol. The minimum Gasteiger partial charge on any atom is -0.443 e. The Morgan fingerprint density at radius 2 is 1.67 bits per heavy atom. The molecule has 7 heteroatoms. The predicted molar refractivity (Wildman–Crippen MR) is 127 cm³/mol. The quantitative estimate of drug-likeness (QED) is 0.576. The van der Waals surface area contributed by atoms with Gasteiger partial charge in [0, 0.05) is 16.3 Å². The number of halogens is 1. The van der Waals surface area contributed by atoms with Gasteiger partial charge >= 0.3 is 6.09 Å². The third-order valence-corrected chi connectivity index (χ3v) is 5.49. The molecule has 6 nitrogen and oxygen atoms in total. The molecule has 0 heterocycles. The van der Waals surface area contributed by atoms with E-state index in [1.807, 2.05) is 30.3 Å². The lowest BCUT2D eigenvalue weighted by atomic mass is 9.91. The molecule has 0 spiro atoms. The van der Waals surface area contributed by atoms with E-state index in [1.54, 1.807) is 45.0 Å². The largest absolute Gasteiger partial charge is 0.443 e. The number of hydrogen-bond donors (Lipinski definition) is 1. The summed E-state index contributed by atoms with van der Waals surface area (Å²) >= 11 is 5.99. The summed E-state index contributed by atoms with van der Waals surface area (Å²) in [5.74, 6) is -0.522. The molecule has 2 aromatic rings. The Labute approximate surface area is 199 Å². The van der Waals surface area contributed by atoms with Gasteiger partial charge in [0.25, 0.3) is 0 Å². The molecule has 0 fully saturated rings. The standard InChI is InChI=1S/C26H29ClN2O4/c1-17(30)23(19-8-6-5-7-9-19)28-24(31)21-14-15-22(21)29(25(32)33-26(2,3)4)16-18-10-12-20(27)13-11-18/h5-13,23H,14-16H2,1-4H3,(H,28,31)/t23-/m1/s1. The number of benzene rings is 2. The van der Waals surface area contributed by atoms with Crippen LogP contribution in [0.4, 0.5) is 4.79 Å². The number of carbonyl (C=O) groups is 3. The zero-order valence-corrected chi connectivity index (χ0v) is 20.1. The van der Waals surface area contributed by atoms with Gasteiger partial charge in [0.1, 0.15) is 11.6 Å². The van der Waals surface area contributed by atoms with Crippen LogP contribution in [-0.2, 0) is 20.9 Å². The SMILES string of the molecule is CC(=O)[C@@H](NC(=O)C1=C(N(Cc2ccc(Cl)cc2)C(=O)OC(C)(C)C)CC1)c1ccccc1. The van der Waals surface area contributed by atoms with Gasteiger partial charge in [-0.15, -0.1) is 0 Å². The van der Waals surface area contributed by atoms with Crippen molar-refractivity contribution in [2.75, 3.05) is 0 Å². The van der Waals surface area contributed by atoms with E-state index in [2.05, 4.69) is 5.32 Å². The van der Waals surface area contributed by atoms with Crippen LogP contribution >= 0.6 is 11.6 Å². The molecule has 33 heavy (non-hydrogen) atoms. The monoisotopic (exact) mass is 468 g/mol. The van der Waals surface area contributed by atoms with E-state index in [0.29, 0.717) is 34.7 Å². The van der Waals surface area contributed by atoms with Crippen molar-refractivity contribution in [3.8, 4) is 0 Å². The molecule has 1 atom stereocenters. The zero-order chi connectivity index (χ0) is 24.2. The molecule has 2 aromatic carbocycles. The fraction of sp³-hybridized carbons (Fsp3) is 0.346. The number of Topliss-reactive ketones (excluding diaryl/α,β-unsaturated/α-hetero) is 1. The lowest BCUT2D eigenvalue weighted by Crippen LogP contribution is -2.42. The van der Waals surface area contributed by atoms with Gasteiger partial charge in [0.2, 0.25) is 5.91 Å². The topological polar surface area (TPSA) is 75.7 Å².